The van der Waals surface area contributed by atoms with Gasteiger partial charge in [-0.25, -0.2) is 4.79 Å². The van der Waals surface area contributed by atoms with Crippen LogP contribution in [0.4, 0.5) is 4.79 Å². The number of amides is 1. The molecule has 0 radical (unpaired) electrons. The van der Waals surface area contributed by atoms with Crippen molar-refractivity contribution < 1.29 is 14.6 Å². The van der Waals surface area contributed by atoms with Crippen molar-refractivity contribution in [3.63, 3.8) is 0 Å². The molecule has 0 spiro atoms. The number of thioether (sulfide) groups is 1. The quantitative estimate of drug-likeness (QED) is 0.588. The third kappa shape index (κ3) is 4.04. The Balaban J connectivity index is 2.25. The molecule has 3 N–H and O–H groups in total. The van der Waals surface area contributed by atoms with E-state index in [-0.39, 0.29) is 5.75 Å². The van der Waals surface area contributed by atoms with E-state index < -0.39 is 6.09 Å². The molecule has 0 atom stereocenters. The van der Waals surface area contributed by atoms with Crippen LogP contribution < -0.4 is 5.73 Å². The predicted molar refractivity (Wildman–Crippen MR) is 54.4 cm³/mol. The Morgan fingerprint density at radius 1 is 1.43 bits per heavy atom. The molecule has 0 saturated carbocycles. The van der Waals surface area contributed by atoms with Crippen LogP contribution in [0.5, 0.6) is 5.75 Å². The first-order chi connectivity index (χ1) is 6.68. The van der Waals surface area contributed by atoms with E-state index in [4.69, 9.17) is 10.8 Å². The van der Waals surface area contributed by atoms with E-state index in [1.807, 2.05) is 0 Å². The van der Waals surface area contributed by atoms with Crippen LogP contribution in [-0.4, -0.2) is 23.6 Å². The number of phenols is 1. The van der Waals surface area contributed by atoms with Gasteiger partial charge in [0.15, 0.2) is 0 Å². The second-order valence-corrected chi connectivity index (χ2v) is 3.68. The monoisotopic (exact) mass is 213 g/mol. The van der Waals surface area contributed by atoms with Gasteiger partial charge in [0.2, 0.25) is 0 Å². The zero-order valence-electron chi connectivity index (χ0n) is 7.47. The molecule has 1 amide bonds. The first-order valence-corrected chi connectivity index (χ1v) is 5.01. The minimum absolute atomic E-state index is 0.239. The van der Waals surface area contributed by atoms with Gasteiger partial charge in [-0.2, -0.15) is 0 Å². The van der Waals surface area contributed by atoms with Gasteiger partial charge in [-0.15, -0.1) is 11.8 Å². The van der Waals surface area contributed by atoms with Crippen molar-refractivity contribution in [1.29, 1.82) is 0 Å². The highest BCUT2D eigenvalue weighted by atomic mass is 32.2. The topological polar surface area (TPSA) is 72.6 Å². The first-order valence-electron chi connectivity index (χ1n) is 4.02. The first kappa shape index (κ1) is 10.7. The average molecular weight is 213 g/mol. The molecule has 5 heteroatoms. The van der Waals surface area contributed by atoms with Crippen LogP contribution in [0.1, 0.15) is 0 Å². The van der Waals surface area contributed by atoms with Crippen molar-refractivity contribution in [3.05, 3.63) is 24.3 Å². The molecule has 0 heterocycles. The van der Waals surface area contributed by atoms with Gasteiger partial charge >= 0.3 is 6.09 Å². The molecule has 0 saturated heterocycles. The molecular formula is C9H11NO3S. The van der Waals surface area contributed by atoms with Crippen LogP contribution in [0.2, 0.25) is 0 Å². The van der Waals surface area contributed by atoms with Crippen molar-refractivity contribution in [1.82, 2.24) is 0 Å². The summed E-state index contributed by atoms with van der Waals surface area (Å²) >= 11 is 1.53. The normalized spacial score (nSPS) is 9.71. The molecule has 1 rings (SSSR count). The molecule has 76 valence electrons. The van der Waals surface area contributed by atoms with Gasteiger partial charge in [0.05, 0.1) is 0 Å². The van der Waals surface area contributed by atoms with E-state index in [2.05, 4.69) is 4.74 Å². The number of ether oxygens (including phenoxy) is 1. The Bertz CT molecular complexity index is 299. The molecule has 0 aliphatic heterocycles. The molecule has 14 heavy (non-hydrogen) atoms. The fourth-order valence-electron chi connectivity index (χ4n) is 0.844. The Kier molecular flexibility index (Phi) is 4.12. The van der Waals surface area contributed by atoms with Crippen molar-refractivity contribution in [2.24, 2.45) is 5.73 Å². The van der Waals surface area contributed by atoms with E-state index in [0.717, 1.165) is 4.90 Å². The summed E-state index contributed by atoms with van der Waals surface area (Å²) in [7, 11) is 0. The van der Waals surface area contributed by atoms with E-state index in [1.54, 1.807) is 24.3 Å². The minimum atomic E-state index is -0.753. The number of rotatable bonds is 4. The number of benzene rings is 1. The summed E-state index contributed by atoms with van der Waals surface area (Å²) in [6, 6.07) is 6.81. The zero-order valence-corrected chi connectivity index (χ0v) is 8.29. The van der Waals surface area contributed by atoms with Gasteiger partial charge in [0.1, 0.15) is 12.4 Å². The fraction of sp³-hybridized carbons (Fsp3) is 0.222. The van der Waals surface area contributed by atoms with Crippen molar-refractivity contribution >= 4 is 17.9 Å². The Morgan fingerprint density at radius 2 is 2.07 bits per heavy atom. The second kappa shape index (κ2) is 5.39. The Labute approximate surface area is 86.1 Å². The van der Waals surface area contributed by atoms with Gasteiger partial charge < -0.3 is 15.6 Å². The lowest BCUT2D eigenvalue weighted by Crippen LogP contribution is -2.14. The molecule has 0 bridgehead atoms. The van der Waals surface area contributed by atoms with E-state index in [0.29, 0.717) is 12.4 Å². The average Bonchev–Trinajstić information content (AvgIpc) is 2.15. The van der Waals surface area contributed by atoms with Crippen molar-refractivity contribution in [3.8, 4) is 5.75 Å². The summed E-state index contributed by atoms with van der Waals surface area (Å²) < 4.78 is 4.56. The summed E-state index contributed by atoms with van der Waals surface area (Å²) in [5.74, 6) is 0.885. The molecule has 1 aromatic carbocycles. The highest BCUT2D eigenvalue weighted by Gasteiger charge is 1.96. The largest absolute Gasteiger partial charge is 0.508 e. The summed E-state index contributed by atoms with van der Waals surface area (Å²) in [5.41, 5.74) is 4.79. The molecular weight excluding hydrogens is 202 g/mol. The predicted octanol–water partition coefficient (Wildman–Crippen LogP) is 1.58. The van der Waals surface area contributed by atoms with Gasteiger partial charge in [-0.1, -0.05) is 0 Å². The molecule has 0 aliphatic carbocycles. The number of hydrogen-bond acceptors (Lipinski definition) is 4. The van der Waals surface area contributed by atoms with E-state index in [1.165, 1.54) is 11.8 Å². The maximum absolute atomic E-state index is 10.2. The van der Waals surface area contributed by atoms with Gasteiger partial charge in [0.25, 0.3) is 0 Å². The standard InChI is InChI=1S/C9H11NO3S/c10-9(12)13-5-6-14-8-3-1-7(11)2-4-8/h1-4,11H,5-6H2,(H2,10,12). The summed E-state index contributed by atoms with van der Waals surface area (Å²) in [5, 5.41) is 9.01. The van der Waals surface area contributed by atoms with Crippen LogP contribution in [-0.2, 0) is 4.74 Å². The molecule has 4 nitrogen and oxygen atoms in total. The second-order valence-electron chi connectivity index (χ2n) is 2.51. The number of hydrogen-bond donors (Lipinski definition) is 2. The molecule has 0 aromatic heterocycles. The van der Waals surface area contributed by atoms with Crippen molar-refractivity contribution in [2.45, 2.75) is 4.90 Å². The maximum Gasteiger partial charge on any atom is 0.404 e. The third-order valence-electron chi connectivity index (χ3n) is 1.43. The summed E-state index contributed by atoms with van der Waals surface area (Å²) in [4.78, 5) is 11.2. The van der Waals surface area contributed by atoms with Crippen LogP contribution in [0.25, 0.3) is 0 Å². The lowest BCUT2D eigenvalue weighted by atomic mass is 10.3. The minimum Gasteiger partial charge on any atom is -0.508 e. The highest BCUT2D eigenvalue weighted by Crippen LogP contribution is 2.20. The van der Waals surface area contributed by atoms with E-state index >= 15 is 0 Å². The van der Waals surface area contributed by atoms with Gasteiger partial charge in [-0.3, -0.25) is 0 Å². The number of primary amides is 1. The number of phenolic OH excluding ortho intramolecular Hbond substituents is 1. The van der Waals surface area contributed by atoms with Crippen LogP contribution in [0.15, 0.2) is 29.2 Å². The Morgan fingerprint density at radius 3 is 2.64 bits per heavy atom. The third-order valence-corrected chi connectivity index (χ3v) is 2.41. The number of nitrogens with two attached hydrogens (primary N) is 1. The Hall–Kier alpha value is -1.36. The summed E-state index contributed by atoms with van der Waals surface area (Å²) in [6.45, 7) is 0.293. The van der Waals surface area contributed by atoms with Gasteiger partial charge in [-0.05, 0) is 24.3 Å². The van der Waals surface area contributed by atoms with Crippen molar-refractivity contribution in [2.75, 3.05) is 12.4 Å². The molecule has 0 unspecified atom stereocenters. The fourth-order valence-corrected chi connectivity index (χ4v) is 1.58. The zero-order chi connectivity index (χ0) is 10.4. The summed E-state index contributed by atoms with van der Waals surface area (Å²) in [6.07, 6.45) is -0.753. The molecule has 1 aromatic rings. The maximum atomic E-state index is 10.2. The lowest BCUT2D eigenvalue weighted by Gasteiger charge is -2.01. The number of aromatic hydroxyl groups is 1. The highest BCUT2D eigenvalue weighted by molar-refractivity contribution is 7.99. The molecule has 0 fully saturated rings. The van der Waals surface area contributed by atoms with Gasteiger partial charge in [0, 0.05) is 10.6 Å². The van der Waals surface area contributed by atoms with E-state index in [9.17, 15) is 4.79 Å². The van der Waals surface area contributed by atoms with Crippen LogP contribution in [0, 0.1) is 0 Å². The van der Waals surface area contributed by atoms with Crippen LogP contribution >= 0.6 is 11.8 Å². The number of carbonyl (C=O) groups excluding carboxylic acids is 1. The lowest BCUT2D eigenvalue weighted by molar-refractivity contribution is 0.164. The van der Waals surface area contributed by atoms with Crippen LogP contribution in [0.3, 0.4) is 0 Å². The number of carbonyl (C=O) groups is 1. The SMILES string of the molecule is NC(=O)OCCSc1ccc(O)cc1. The smallest absolute Gasteiger partial charge is 0.404 e. The molecule has 0 aliphatic rings.